The van der Waals surface area contributed by atoms with E-state index < -0.39 is 0 Å². The van der Waals surface area contributed by atoms with Crippen LogP contribution in [-0.2, 0) is 0 Å². The van der Waals surface area contributed by atoms with E-state index in [0.29, 0.717) is 9.90 Å². The van der Waals surface area contributed by atoms with Gasteiger partial charge in [0.05, 0.1) is 14.9 Å². The maximum absolute atomic E-state index is 10.6. The van der Waals surface area contributed by atoms with Crippen LogP contribution in [0.25, 0.3) is 0 Å². The van der Waals surface area contributed by atoms with Crippen LogP contribution in [0.2, 0.25) is 5.02 Å². The Morgan fingerprint density at radius 3 is 2.60 bits per heavy atom. The molecule has 2 nitrogen and oxygen atoms in total. The van der Waals surface area contributed by atoms with Crippen LogP contribution in [-0.4, -0.2) is 6.29 Å². The summed E-state index contributed by atoms with van der Waals surface area (Å²) in [6.07, 6.45) is 0.767. The molecule has 1 aromatic carbocycles. The first kappa shape index (κ1) is 10.2. The highest BCUT2D eigenvalue weighted by Crippen LogP contribution is 2.31. The van der Waals surface area contributed by atoms with Gasteiger partial charge in [0, 0.05) is 5.69 Å². The van der Waals surface area contributed by atoms with Gasteiger partial charge >= 0.3 is 0 Å². The zero-order valence-electron chi connectivity index (χ0n) is 7.74. The molecule has 0 radical (unpaired) electrons. The van der Waals surface area contributed by atoms with Crippen molar-refractivity contribution in [2.24, 2.45) is 0 Å². The Balaban J connectivity index is 2.21. The molecule has 76 valence electrons. The minimum absolute atomic E-state index is 0.494. The van der Waals surface area contributed by atoms with Crippen molar-refractivity contribution in [2.45, 2.75) is 0 Å². The van der Waals surface area contributed by atoms with Gasteiger partial charge in [0.25, 0.3) is 0 Å². The second-order valence-electron chi connectivity index (χ2n) is 2.93. The van der Waals surface area contributed by atoms with Crippen molar-refractivity contribution in [1.29, 1.82) is 0 Å². The monoisotopic (exact) mass is 237 g/mol. The predicted octanol–water partition coefficient (Wildman–Crippen LogP) is 3.96. The standard InChI is InChI=1S/C11H8ClNOS/c12-9-6-11(15-10(9)7-14)13-8-4-2-1-3-5-8/h1-7,13H. The van der Waals surface area contributed by atoms with Crippen LogP contribution in [0.5, 0.6) is 0 Å². The Bertz CT molecular complexity index is 467. The molecule has 0 unspecified atom stereocenters. The fourth-order valence-corrected chi connectivity index (χ4v) is 2.31. The zero-order valence-corrected chi connectivity index (χ0v) is 9.31. The molecule has 0 aliphatic carbocycles. The summed E-state index contributed by atoms with van der Waals surface area (Å²) in [5.74, 6) is 0. The lowest BCUT2D eigenvalue weighted by atomic mass is 10.3. The van der Waals surface area contributed by atoms with Gasteiger partial charge in [-0.2, -0.15) is 0 Å². The third-order valence-corrected chi connectivity index (χ3v) is 3.26. The van der Waals surface area contributed by atoms with Gasteiger partial charge in [0.1, 0.15) is 0 Å². The van der Waals surface area contributed by atoms with Crippen LogP contribution in [0.4, 0.5) is 10.7 Å². The van der Waals surface area contributed by atoms with Crippen LogP contribution in [0, 0.1) is 0 Å². The fourth-order valence-electron chi connectivity index (χ4n) is 1.19. The molecule has 4 heteroatoms. The molecule has 1 aromatic heterocycles. The number of carbonyl (C=O) groups is 1. The number of halogens is 1. The number of nitrogens with one attached hydrogen (secondary N) is 1. The maximum atomic E-state index is 10.6. The van der Waals surface area contributed by atoms with Crippen molar-refractivity contribution in [2.75, 3.05) is 5.32 Å². The Morgan fingerprint density at radius 2 is 2.00 bits per heavy atom. The lowest BCUT2D eigenvalue weighted by Gasteiger charge is -2.01. The third-order valence-electron chi connectivity index (χ3n) is 1.86. The highest BCUT2D eigenvalue weighted by atomic mass is 35.5. The van der Waals surface area contributed by atoms with Gasteiger partial charge in [-0.15, -0.1) is 11.3 Å². The number of rotatable bonds is 3. The topological polar surface area (TPSA) is 29.1 Å². The molecule has 15 heavy (non-hydrogen) atoms. The normalized spacial score (nSPS) is 9.93. The van der Waals surface area contributed by atoms with Gasteiger partial charge in [-0.3, -0.25) is 4.79 Å². The Hall–Kier alpha value is -1.32. The van der Waals surface area contributed by atoms with Gasteiger partial charge in [-0.25, -0.2) is 0 Å². The molecule has 1 heterocycles. The smallest absolute Gasteiger partial charge is 0.161 e. The summed E-state index contributed by atoms with van der Waals surface area (Å²) in [7, 11) is 0. The number of thiophene rings is 1. The lowest BCUT2D eigenvalue weighted by molar-refractivity contribution is 0.112. The van der Waals surface area contributed by atoms with Gasteiger partial charge in [0.15, 0.2) is 6.29 Å². The molecule has 0 spiro atoms. The average molecular weight is 238 g/mol. The van der Waals surface area contributed by atoms with Crippen LogP contribution in [0.1, 0.15) is 9.67 Å². The first-order chi connectivity index (χ1) is 7.29. The highest BCUT2D eigenvalue weighted by Gasteiger charge is 2.05. The number of carbonyl (C=O) groups excluding carboxylic acids is 1. The van der Waals surface area contributed by atoms with Crippen LogP contribution in [0.15, 0.2) is 36.4 Å². The van der Waals surface area contributed by atoms with Crippen molar-refractivity contribution in [3.8, 4) is 0 Å². The van der Waals surface area contributed by atoms with Crippen LogP contribution < -0.4 is 5.32 Å². The second kappa shape index (κ2) is 4.47. The SMILES string of the molecule is O=Cc1sc(Nc2ccccc2)cc1Cl. The second-order valence-corrected chi connectivity index (χ2v) is 4.42. The molecular formula is C11H8ClNOS. The van der Waals surface area contributed by atoms with E-state index in [1.165, 1.54) is 11.3 Å². The number of para-hydroxylation sites is 1. The minimum Gasteiger partial charge on any atom is -0.347 e. The number of benzene rings is 1. The van der Waals surface area contributed by atoms with Crippen molar-refractivity contribution in [1.82, 2.24) is 0 Å². The van der Waals surface area contributed by atoms with Gasteiger partial charge in [-0.1, -0.05) is 29.8 Å². The Morgan fingerprint density at radius 1 is 1.27 bits per heavy atom. The predicted molar refractivity (Wildman–Crippen MR) is 64.4 cm³/mol. The first-order valence-corrected chi connectivity index (χ1v) is 5.55. The van der Waals surface area contributed by atoms with E-state index in [1.54, 1.807) is 6.07 Å². The summed E-state index contributed by atoms with van der Waals surface area (Å²) in [5.41, 5.74) is 0.980. The Kier molecular flexibility index (Phi) is 3.04. The minimum atomic E-state index is 0.494. The Labute approximate surface area is 96.5 Å². The number of aldehydes is 1. The summed E-state index contributed by atoms with van der Waals surface area (Å²) >= 11 is 7.19. The van der Waals surface area contributed by atoms with E-state index in [0.717, 1.165) is 17.0 Å². The molecule has 0 bridgehead atoms. The van der Waals surface area contributed by atoms with E-state index in [2.05, 4.69) is 5.32 Å². The van der Waals surface area contributed by atoms with E-state index in [1.807, 2.05) is 30.3 Å². The van der Waals surface area contributed by atoms with Gasteiger partial charge in [-0.05, 0) is 18.2 Å². The van der Waals surface area contributed by atoms with E-state index in [-0.39, 0.29) is 0 Å². The molecule has 1 N–H and O–H groups in total. The molecule has 2 rings (SSSR count). The van der Waals surface area contributed by atoms with E-state index >= 15 is 0 Å². The fraction of sp³-hybridized carbons (Fsp3) is 0. The number of hydrogen-bond acceptors (Lipinski definition) is 3. The molecule has 0 aliphatic heterocycles. The first-order valence-electron chi connectivity index (χ1n) is 4.36. The highest BCUT2D eigenvalue weighted by molar-refractivity contribution is 7.18. The van der Waals surface area contributed by atoms with Crippen LogP contribution in [0.3, 0.4) is 0 Å². The van der Waals surface area contributed by atoms with Gasteiger partial charge < -0.3 is 5.32 Å². The van der Waals surface area contributed by atoms with Crippen molar-refractivity contribution in [3.63, 3.8) is 0 Å². The molecular weight excluding hydrogens is 230 g/mol. The molecule has 0 fully saturated rings. The summed E-state index contributed by atoms with van der Waals surface area (Å²) in [4.78, 5) is 11.1. The lowest BCUT2D eigenvalue weighted by Crippen LogP contribution is -1.84. The van der Waals surface area contributed by atoms with E-state index in [9.17, 15) is 4.79 Å². The molecule has 2 aromatic rings. The van der Waals surface area contributed by atoms with Crippen molar-refractivity contribution >= 4 is 39.9 Å². The van der Waals surface area contributed by atoms with Gasteiger partial charge in [0.2, 0.25) is 0 Å². The average Bonchev–Trinajstić information content (AvgIpc) is 2.60. The number of anilines is 2. The summed E-state index contributed by atoms with van der Waals surface area (Å²) in [5, 5.41) is 4.54. The quantitative estimate of drug-likeness (QED) is 0.819. The maximum Gasteiger partial charge on any atom is 0.161 e. The summed E-state index contributed by atoms with van der Waals surface area (Å²) in [6, 6.07) is 11.5. The third kappa shape index (κ3) is 2.37. The van der Waals surface area contributed by atoms with Crippen molar-refractivity contribution in [3.05, 3.63) is 46.3 Å². The molecule has 0 saturated carbocycles. The molecule has 0 saturated heterocycles. The van der Waals surface area contributed by atoms with Crippen LogP contribution >= 0.6 is 22.9 Å². The van der Waals surface area contributed by atoms with E-state index in [4.69, 9.17) is 11.6 Å². The molecule has 0 atom stereocenters. The number of hydrogen-bond donors (Lipinski definition) is 1. The molecule has 0 aliphatic rings. The summed E-state index contributed by atoms with van der Waals surface area (Å²) < 4.78 is 0. The molecule has 0 amide bonds. The largest absolute Gasteiger partial charge is 0.347 e. The summed E-state index contributed by atoms with van der Waals surface area (Å²) in [6.45, 7) is 0. The zero-order chi connectivity index (χ0) is 10.7. The van der Waals surface area contributed by atoms with Crippen molar-refractivity contribution < 1.29 is 4.79 Å².